The van der Waals surface area contributed by atoms with Crippen molar-refractivity contribution in [1.82, 2.24) is 0 Å². The van der Waals surface area contributed by atoms with E-state index in [1.54, 1.807) is 36.4 Å². The third-order valence-corrected chi connectivity index (χ3v) is 7.37. The van der Waals surface area contributed by atoms with Crippen molar-refractivity contribution in [2.24, 2.45) is 0 Å². The van der Waals surface area contributed by atoms with Crippen molar-refractivity contribution >= 4 is 40.9 Å². The van der Waals surface area contributed by atoms with Gasteiger partial charge in [0.25, 0.3) is 0 Å². The Kier molecular flexibility index (Phi) is 6.40. The number of hydrogen-bond acceptors (Lipinski definition) is 3. The maximum atomic E-state index is 13.4. The molecule has 1 aliphatic heterocycles. The van der Waals surface area contributed by atoms with E-state index >= 15 is 0 Å². The van der Waals surface area contributed by atoms with Gasteiger partial charge in [0, 0.05) is 15.6 Å². The van der Waals surface area contributed by atoms with E-state index in [1.807, 2.05) is 19.1 Å². The van der Waals surface area contributed by atoms with E-state index in [-0.39, 0.29) is 5.69 Å². The van der Waals surface area contributed by atoms with Gasteiger partial charge in [-0.3, -0.25) is 9.59 Å². The molecule has 9 heteroatoms. The third-order valence-electron chi connectivity index (χ3n) is 5.70. The van der Waals surface area contributed by atoms with Gasteiger partial charge >= 0.3 is 12.1 Å². The Hall–Kier alpha value is -2.97. The van der Waals surface area contributed by atoms with Gasteiger partial charge < -0.3 is 10.0 Å². The van der Waals surface area contributed by atoms with Gasteiger partial charge in [0.2, 0.25) is 5.91 Å². The van der Waals surface area contributed by atoms with Gasteiger partial charge in [-0.1, -0.05) is 47.5 Å². The molecule has 2 atom stereocenters. The molecule has 4 nitrogen and oxygen atoms in total. The summed E-state index contributed by atoms with van der Waals surface area (Å²) >= 11 is 7.04. The van der Waals surface area contributed by atoms with Gasteiger partial charge in [0.05, 0.1) is 18.0 Å². The SMILES string of the molecule is Cc1ccc(S[C@]2(C(=O)O)CC(=O)N(c3cccc(C(F)(F)F)c3)[C@@H]2c2ccc(Cl)cc2)cc1. The molecule has 1 N–H and O–H groups in total. The van der Waals surface area contributed by atoms with Crippen molar-refractivity contribution in [3.63, 3.8) is 0 Å². The van der Waals surface area contributed by atoms with Crippen molar-refractivity contribution < 1.29 is 27.9 Å². The van der Waals surface area contributed by atoms with E-state index in [9.17, 15) is 27.9 Å². The molecule has 1 heterocycles. The van der Waals surface area contributed by atoms with Crippen LogP contribution in [0.2, 0.25) is 5.02 Å². The summed E-state index contributed by atoms with van der Waals surface area (Å²) in [5.41, 5.74) is 0.491. The number of hydrogen-bond donors (Lipinski definition) is 1. The minimum absolute atomic E-state index is 0.0209. The first kappa shape index (κ1) is 24.2. The normalized spacial score (nSPS) is 20.6. The number of amides is 1. The molecule has 0 aromatic heterocycles. The molecule has 0 bridgehead atoms. The van der Waals surface area contributed by atoms with Crippen LogP contribution in [0.4, 0.5) is 18.9 Å². The Labute approximate surface area is 203 Å². The van der Waals surface area contributed by atoms with E-state index in [0.29, 0.717) is 15.5 Å². The second kappa shape index (κ2) is 9.00. The van der Waals surface area contributed by atoms with Crippen LogP contribution in [0.1, 0.15) is 29.2 Å². The third kappa shape index (κ3) is 4.52. The van der Waals surface area contributed by atoms with E-state index < -0.39 is 40.8 Å². The van der Waals surface area contributed by atoms with E-state index in [4.69, 9.17) is 11.6 Å². The molecular weight excluding hydrogens is 487 g/mol. The lowest BCUT2D eigenvalue weighted by atomic mass is 9.92. The molecule has 34 heavy (non-hydrogen) atoms. The van der Waals surface area contributed by atoms with Crippen LogP contribution in [0.5, 0.6) is 0 Å². The number of halogens is 4. The van der Waals surface area contributed by atoms with Crippen LogP contribution < -0.4 is 4.90 Å². The molecule has 0 spiro atoms. The van der Waals surface area contributed by atoms with E-state index in [2.05, 4.69) is 0 Å². The molecule has 0 aliphatic carbocycles. The Morgan fingerprint density at radius 1 is 1.09 bits per heavy atom. The number of anilines is 1. The lowest BCUT2D eigenvalue weighted by molar-refractivity contribution is -0.140. The maximum absolute atomic E-state index is 13.4. The Morgan fingerprint density at radius 2 is 1.74 bits per heavy atom. The molecule has 1 amide bonds. The first-order valence-electron chi connectivity index (χ1n) is 10.3. The second-order valence-corrected chi connectivity index (χ2v) is 9.89. The van der Waals surface area contributed by atoms with Crippen molar-refractivity contribution in [2.45, 2.75) is 35.2 Å². The first-order chi connectivity index (χ1) is 16.0. The standard InChI is InChI=1S/C25H19ClF3NO3S/c1-15-5-11-20(12-6-15)34-24(23(32)33)14-21(31)30(22(24)16-7-9-18(26)10-8-16)19-4-2-3-17(13-19)25(27,28)29/h2-13,22H,14H2,1H3,(H,32,33)/t22-,24-/m1/s1. The number of carboxylic acids is 1. The number of benzene rings is 3. The number of aliphatic carboxylic acids is 1. The molecule has 1 aliphatic rings. The Morgan fingerprint density at radius 3 is 2.32 bits per heavy atom. The average molecular weight is 506 g/mol. The fourth-order valence-corrected chi connectivity index (χ4v) is 5.55. The predicted octanol–water partition coefficient (Wildman–Crippen LogP) is 6.76. The molecule has 1 saturated heterocycles. The van der Waals surface area contributed by atoms with Gasteiger partial charge in [-0.05, 0) is 55.0 Å². The summed E-state index contributed by atoms with van der Waals surface area (Å²) in [4.78, 5) is 27.9. The minimum Gasteiger partial charge on any atom is -0.480 e. The van der Waals surface area contributed by atoms with Crippen molar-refractivity contribution in [3.05, 3.63) is 94.5 Å². The summed E-state index contributed by atoms with van der Waals surface area (Å²) < 4.78 is 38.5. The zero-order chi connectivity index (χ0) is 24.7. The number of carboxylic acid groups (broad SMARTS) is 1. The highest BCUT2D eigenvalue weighted by Gasteiger charge is 2.59. The zero-order valence-electron chi connectivity index (χ0n) is 17.8. The van der Waals surface area contributed by atoms with Crippen molar-refractivity contribution in [2.75, 3.05) is 4.90 Å². The highest BCUT2D eigenvalue weighted by Crippen LogP contribution is 2.54. The number of carbonyl (C=O) groups excluding carboxylic acids is 1. The highest BCUT2D eigenvalue weighted by atomic mass is 35.5. The summed E-state index contributed by atoms with van der Waals surface area (Å²) in [6.45, 7) is 1.90. The second-order valence-electron chi connectivity index (χ2n) is 8.05. The maximum Gasteiger partial charge on any atom is 0.416 e. The lowest BCUT2D eigenvalue weighted by Gasteiger charge is -2.35. The van der Waals surface area contributed by atoms with Crippen LogP contribution in [0.3, 0.4) is 0 Å². The predicted molar refractivity (Wildman–Crippen MR) is 125 cm³/mol. The summed E-state index contributed by atoms with van der Waals surface area (Å²) in [6.07, 6.45) is -5.01. The molecule has 3 aromatic rings. The number of rotatable bonds is 5. The Bertz CT molecular complexity index is 1230. The number of nitrogens with zero attached hydrogens (tertiary/aromatic N) is 1. The van der Waals surface area contributed by atoms with E-state index in [0.717, 1.165) is 34.4 Å². The number of aryl methyl sites for hydroxylation is 1. The molecule has 1 fully saturated rings. The zero-order valence-corrected chi connectivity index (χ0v) is 19.4. The molecule has 0 unspecified atom stereocenters. The smallest absolute Gasteiger partial charge is 0.416 e. The fraction of sp³-hybridized carbons (Fsp3) is 0.200. The monoisotopic (exact) mass is 505 g/mol. The van der Waals surface area contributed by atoms with E-state index in [1.165, 1.54) is 12.1 Å². The number of thioether (sulfide) groups is 1. The Balaban J connectivity index is 1.89. The summed E-state index contributed by atoms with van der Waals surface area (Å²) in [5, 5.41) is 10.8. The van der Waals surface area contributed by atoms with Gasteiger partial charge in [-0.2, -0.15) is 13.2 Å². The van der Waals surface area contributed by atoms with Crippen molar-refractivity contribution in [1.29, 1.82) is 0 Å². The van der Waals surface area contributed by atoms with Gasteiger partial charge in [0.1, 0.15) is 0 Å². The molecule has 4 rings (SSSR count). The number of carbonyl (C=O) groups is 2. The van der Waals surface area contributed by atoms with Crippen LogP contribution >= 0.6 is 23.4 Å². The number of alkyl halides is 3. The van der Waals surface area contributed by atoms with Crippen LogP contribution in [0.25, 0.3) is 0 Å². The molecule has 0 saturated carbocycles. The molecule has 3 aromatic carbocycles. The summed E-state index contributed by atoms with van der Waals surface area (Å²) in [6, 6.07) is 16.8. The van der Waals surface area contributed by atoms with Gasteiger partial charge in [-0.25, -0.2) is 0 Å². The lowest BCUT2D eigenvalue weighted by Crippen LogP contribution is -2.42. The van der Waals surface area contributed by atoms with Crippen LogP contribution in [-0.2, 0) is 15.8 Å². The van der Waals surface area contributed by atoms with Crippen LogP contribution in [-0.4, -0.2) is 21.7 Å². The van der Waals surface area contributed by atoms with Crippen LogP contribution in [0, 0.1) is 6.92 Å². The molecule has 0 radical (unpaired) electrons. The molecular formula is C25H19ClF3NO3S. The molecule has 176 valence electrons. The summed E-state index contributed by atoms with van der Waals surface area (Å²) in [5.74, 6) is -1.82. The first-order valence-corrected chi connectivity index (χ1v) is 11.4. The average Bonchev–Trinajstić information content (AvgIpc) is 3.08. The van der Waals surface area contributed by atoms with Crippen LogP contribution in [0.15, 0.2) is 77.7 Å². The quantitative estimate of drug-likeness (QED) is 0.416. The summed E-state index contributed by atoms with van der Waals surface area (Å²) in [7, 11) is 0. The van der Waals surface area contributed by atoms with Gasteiger partial charge in [-0.15, -0.1) is 11.8 Å². The topological polar surface area (TPSA) is 57.6 Å². The van der Waals surface area contributed by atoms with Gasteiger partial charge in [0.15, 0.2) is 4.75 Å². The highest BCUT2D eigenvalue weighted by molar-refractivity contribution is 8.01. The fourth-order valence-electron chi connectivity index (χ4n) is 4.09. The minimum atomic E-state index is -4.62. The largest absolute Gasteiger partial charge is 0.480 e. The van der Waals surface area contributed by atoms with Crippen molar-refractivity contribution in [3.8, 4) is 0 Å².